The molecule has 2 rings (SSSR count). The Bertz CT molecular complexity index is 409. The molecule has 0 heterocycles. The van der Waals surface area contributed by atoms with Crippen LogP contribution < -0.4 is 5.73 Å². The maximum atomic E-state index is 13.7. The van der Waals surface area contributed by atoms with Crippen LogP contribution in [0, 0.1) is 17.5 Å². The SMILES string of the molecule is NC1(c2ccc(F)c(F)c2F)CCCCCC1. The third-order valence-electron chi connectivity index (χ3n) is 3.57. The van der Waals surface area contributed by atoms with Gasteiger partial charge in [-0.25, -0.2) is 13.2 Å². The van der Waals surface area contributed by atoms with Crippen LogP contribution >= 0.6 is 0 Å². The van der Waals surface area contributed by atoms with Crippen LogP contribution in [0.25, 0.3) is 0 Å². The minimum Gasteiger partial charge on any atom is -0.321 e. The summed E-state index contributed by atoms with van der Waals surface area (Å²) in [4.78, 5) is 0. The molecule has 1 aliphatic carbocycles. The molecule has 1 aromatic rings. The van der Waals surface area contributed by atoms with Crippen molar-refractivity contribution in [3.05, 3.63) is 35.1 Å². The van der Waals surface area contributed by atoms with Gasteiger partial charge < -0.3 is 5.73 Å². The zero-order valence-corrected chi connectivity index (χ0v) is 9.61. The van der Waals surface area contributed by atoms with Crippen molar-refractivity contribution in [1.29, 1.82) is 0 Å². The molecule has 2 N–H and O–H groups in total. The summed E-state index contributed by atoms with van der Waals surface area (Å²) in [5, 5.41) is 0. The van der Waals surface area contributed by atoms with Gasteiger partial charge in [-0.1, -0.05) is 31.7 Å². The van der Waals surface area contributed by atoms with E-state index in [1.165, 1.54) is 6.07 Å². The van der Waals surface area contributed by atoms with Gasteiger partial charge in [0, 0.05) is 11.1 Å². The molecule has 0 bridgehead atoms. The first kappa shape index (κ1) is 12.4. The molecule has 0 radical (unpaired) electrons. The molecule has 17 heavy (non-hydrogen) atoms. The average molecular weight is 243 g/mol. The third-order valence-corrected chi connectivity index (χ3v) is 3.57. The molecule has 4 heteroatoms. The van der Waals surface area contributed by atoms with E-state index in [1.807, 2.05) is 0 Å². The van der Waals surface area contributed by atoms with Crippen molar-refractivity contribution >= 4 is 0 Å². The maximum absolute atomic E-state index is 13.7. The first-order chi connectivity index (χ1) is 8.04. The largest absolute Gasteiger partial charge is 0.321 e. The Hall–Kier alpha value is -1.03. The van der Waals surface area contributed by atoms with Gasteiger partial charge in [0.05, 0.1) is 0 Å². The van der Waals surface area contributed by atoms with Gasteiger partial charge in [0.2, 0.25) is 0 Å². The summed E-state index contributed by atoms with van der Waals surface area (Å²) in [6, 6.07) is 2.23. The second-order valence-electron chi connectivity index (χ2n) is 4.79. The molecular formula is C13H16F3N. The number of hydrogen-bond acceptors (Lipinski definition) is 1. The van der Waals surface area contributed by atoms with E-state index < -0.39 is 23.0 Å². The Labute approximate surface area is 98.8 Å². The van der Waals surface area contributed by atoms with Crippen LogP contribution in [-0.4, -0.2) is 0 Å². The highest BCUT2D eigenvalue weighted by atomic mass is 19.2. The Morgan fingerprint density at radius 1 is 0.882 bits per heavy atom. The van der Waals surface area contributed by atoms with E-state index in [0.717, 1.165) is 31.7 Å². The van der Waals surface area contributed by atoms with Crippen LogP contribution in [0.4, 0.5) is 13.2 Å². The van der Waals surface area contributed by atoms with Gasteiger partial charge in [-0.2, -0.15) is 0 Å². The first-order valence-corrected chi connectivity index (χ1v) is 5.97. The predicted molar refractivity (Wildman–Crippen MR) is 59.9 cm³/mol. The minimum absolute atomic E-state index is 0.110. The molecule has 94 valence electrons. The van der Waals surface area contributed by atoms with Crippen molar-refractivity contribution in [1.82, 2.24) is 0 Å². The van der Waals surface area contributed by atoms with Gasteiger partial charge in [-0.15, -0.1) is 0 Å². The van der Waals surface area contributed by atoms with Crippen molar-refractivity contribution in [3.63, 3.8) is 0 Å². The number of hydrogen-bond donors (Lipinski definition) is 1. The third kappa shape index (κ3) is 2.32. The van der Waals surface area contributed by atoms with Crippen LogP contribution in [0.3, 0.4) is 0 Å². The molecule has 1 fully saturated rings. The lowest BCUT2D eigenvalue weighted by Crippen LogP contribution is -2.37. The summed E-state index contributed by atoms with van der Waals surface area (Å²) >= 11 is 0. The molecule has 1 saturated carbocycles. The van der Waals surface area contributed by atoms with Gasteiger partial charge in [0.15, 0.2) is 17.5 Å². The van der Waals surface area contributed by atoms with Crippen LogP contribution in [0.1, 0.15) is 44.1 Å². The maximum Gasteiger partial charge on any atom is 0.194 e. The summed E-state index contributed by atoms with van der Waals surface area (Å²) in [6.45, 7) is 0. The van der Waals surface area contributed by atoms with Crippen molar-refractivity contribution < 1.29 is 13.2 Å². The summed E-state index contributed by atoms with van der Waals surface area (Å²) in [5.41, 5.74) is 5.43. The van der Waals surface area contributed by atoms with Gasteiger partial charge in [0.1, 0.15) is 0 Å². The number of nitrogens with two attached hydrogens (primary N) is 1. The highest BCUT2D eigenvalue weighted by molar-refractivity contribution is 5.28. The van der Waals surface area contributed by atoms with Gasteiger partial charge >= 0.3 is 0 Å². The zero-order valence-electron chi connectivity index (χ0n) is 9.61. The van der Waals surface area contributed by atoms with Crippen molar-refractivity contribution in [2.75, 3.05) is 0 Å². The van der Waals surface area contributed by atoms with E-state index in [2.05, 4.69) is 0 Å². The quantitative estimate of drug-likeness (QED) is 0.591. The van der Waals surface area contributed by atoms with E-state index >= 15 is 0 Å². The molecule has 1 nitrogen and oxygen atoms in total. The highest BCUT2D eigenvalue weighted by Gasteiger charge is 2.32. The number of halogens is 3. The van der Waals surface area contributed by atoms with E-state index in [9.17, 15) is 13.2 Å². The molecule has 0 amide bonds. The van der Waals surface area contributed by atoms with Crippen molar-refractivity contribution in [2.24, 2.45) is 5.73 Å². The van der Waals surface area contributed by atoms with E-state index in [0.29, 0.717) is 12.8 Å². The topological polar surface area (TPSA) is 26.0 Å². The minimum atomic E-state index is -1.42. The molecule has 0 unspecified atom stereocenters. The molecule has 0 atom stereocenters. The second-order valence-corrected chi connectivity index (χ2v) is 4.79. The second kappa shape index (κ2) is 4.69. The lowest BCUT2D eigenvalue weighted by Gasteiger charge is -2.29. The fourth-order valence-corrected chi connectivity index (χ4v) is 2.54. The van der Waals surface area contributed by atoms with E-state index in [-0.39, 0.29) is 5.56 Å². The standard InChI is InChI=1S/C13H16F3N/c14-10-6-5-9(11(15)12(10)16)13(17)7-3-1-2-4-8-13/h5-6H,1-4,7-8,17H2. The summed E-state index contributed by atoms with van der Waals surface area (Å²) in [6.07, 6.45) is 5.16. The fraction of sp³-hybridized carbons (Fsp3) is 0.538. The van der Waals surface area contributed by atoms with E-state index in [4.69, 9.17) is 5.73 Å². The molecule has 0 saturated heterocycles. The molecule has 1 aliphatic rings. The monoisotopic (exact) mass is 243 g/mol. The van der Waals surface area contributed by atoms with Crippen LogP contribution in [0.15, 0.2) is 12.1 Å². The van der Waals surface area contributed by atoms with Crippen LogP contribution in [0.5, 0.6) is 0 Å². The number of rotatable bonds is 1. The average Bonchev–Trinajstić information content (AvgIpc) is 2.52. The highest BCUT2D eigenvalue weighted by Crippen LogP contribution is 2.35. The van der Waals surface area contributed by atoms with Gasteiger partial charge in [0.25, 0.3) is 0 Å². The zero-order chi connectivity index (χ0) is 12.5. The van der Waals surface area contributed by atoms with Crippen molar-refractivity contribution in [2.45, 2.75) is 44.1 Å². The van der Waals surface area contributed by atoms with Crippen LogP contribution in [0.2, 0.25) is 0 Å². The molecule has 0 spiro atoms. The lowest BCUT2D eigenvalue weighted by atomic mass is 9.83. The van der Waals surface area contributed by atoms with Gasteiger partial charge in [-0.3, -0.25) is 0 Å². The smallest absolute Gasteiger partial charge is 0.194 e. The summed E-state index contributed by atoms with van der Waals surface area (Å²) < 4.78 is 39.8. The summed E-state index contributed by atoms with van der Waals surface area (Å²) in [7, 11) is 0. The lowest BCUT2D eigenvalue weighted by molar-refractivity contribution is 0.352. The Morgan fingerprint density at radius 2 is 1.47 bits per heavy atom. The Morgan fingerprint density at radius 3 is 2.06 bits per heavy atom. The normalized spacial score (nSPS) is 20.0. The Balaban J connectivity index is 2.41. The summed E-state index contributed by atoms with van der Waals surface area (Å²) in [5.74, 6) is -3.71. The number of benzene rings is 1. The molecular weight excluding hydrogens is 227 g/mol. The van der Waals surface area contributed by atoms with Crippen molar-refractivity contribution in [3.8, 4) is 0 Å². The van der Waals surface area contributed by atoms with Crippen LogP contribution in [-0.2, 0) is 5.54 Å². The van der Waals surface area contributed by atoms with Gasteiger partial charge in [-0.05, 0) is 18.9 Å². The first-order valence-electron chi connectivity index (χ1n) is 5.97. The Kier molecular flexibility index (Phi) is 3.43. The van der Waals surface area contributed by atoms with E-state index in [1.54, 1.807) is 0 Å². The fourth-order valence-electron chi connectivity index (χ4n) is 2.54. The molecule has 0 aliphatic heterocycles. The molecule has 1 aromatic carbocycles. The predicted octanol–water partition coefficient (Wildman–Crippen LogP) is 3.61. The molecule has 0 aromatic heterocycles.